The average Bonchev–Trinajstić information content (AvgIpc) is 3.35. The van der Waals surface area contributed by atoms with Gasteiger partial charge >= 0.3 is 5.97 Å². The molecule has 0 amide bonds. The zero-order valence-electron chi connectivity index (χ0n) is 29.8. The van der Waals surface area contributed by atoms with Crippen molar-refractivity contribution in [1.82, 2.24) is 0 Å². The monoisotopic (exact) mass is 605 g/mol. The molecular formula is C42H68O2. The third kappa shape index (κ3) is 8.22. The van der Waals surface area contributed by atoms with Crippen LogP contribution >= 0.6 is 0 Å². The minimum atomic E-state index is 0.0200. The molecule has 3 saturated carbocycles. The maximum atomic E-state index is 12.7. The first kappa shape index (κ1) is 35.3. The van der Waals surface area contributed by atoms with E-state index in [1.165, 1.54) is 57.8 Å². The lowest BCUT2D eigenvalue weighted by molar-refractivity contribution is -0.151. The third-order valence-electron chi connectivity index (χ3n) is 13.1. The summed E-state index contributed by atoms with van der Waals surface area (Å²) in [4.78, 5) is 12.7. The second-order valence-electron chi connectivity index (χ2n) is 16.1. The van der Waals surface area contributed by atoms with E-state index < -0.39 is 0 Å². The van der Waals surface area contributed by atoms with Gasteiger partial charge < -0.3 is 4.74 Å². The Labute approximate surface area is 272 Å². The summed E-state index contributed by atoms with van der Waals surface area (Å²) >= 11 is 0. The van der Waals surface area contributed by atoms with E-state index in [-0.39, 0.29) is 12.1 Å². The van der Waals surface area contributed by atoms with Crippen molar-refractivity contribution in [1.29, 1.82) is 0 Å². The van der Waals surface area contributed by atoms with Gasteiger partial charge in [0.25, 0.3) is 0 Å². The van der Waals surface area contributed by atoms with Crippen molar-refractivity contribution in [2.75, 3.05) is 0 Å². The Balaban J connectivity index is 1.27. The molecule has 2 heteroatoms. The Morgan fingerprint density at radius 1 is 0.932 bits per heavy atom. The van der Waals surface area contributed by atoms with Gasteiger partial charge in [-0.1, -0.05) is 103 Å². The van der Waals surface area contributed by atoms with Gasteiger partial charge in [0.15, 0.2) is 0 Å². The smallest absolute Gasteiger partial charge is 0.306 e. The molecule has 0 N–H and O–H groups in total. The normalized spacial score (nSPS) is 35.1. The fourth-order valence-corrected chi connectivity index (χ4v) is 10.4. The lowest BCUT2D eigenvalue weighted by Crippen LogP contribution is -2.51. The lowest BCUT2D eigenvalue weighted by Gasteiger charge is -2.58. The summed E-state index contributed by atoms with van der Waals surface area (Å²) in [6.45, 7) is 17.1. The first-order valence-corrected chi connectivity index (χ1v) is 19.0. The first-order valence-electron chi connectivity index (χ1n) is 19.0. The van der Waals surface area contributed by atoms with Crippen molar-refractivity contribution >= 4 is 5.97 Å². The molecule has 0 heterocycles. The van der Waals surface area contributed by atoms with Crippen LogP contribution in [-0.2, 0) is 9.53 Å². The van der Waals surface area contributed by atoms with Crippen LogP contribution in [0.3, 0.4) is 0 Å². The Morgan fingerprint density at radius 2 is 1.70 bits per heavy atom. The van der Waals surface area contributed by atoms with E-state index in [9.17, 15) is 4.79 Å². The number of ether oxygens (including phenoxy) is 1. The van der Waals surface area contributed by atoms with Gasteiger partial charge in [-0.05, 0) is 136 Å². The first-order chi connectivity index (χ1) is 21.1. The van der Waals surface area contributed by atoms with Gasteiger partial charge in [-0.3, -0.25) is 4.79 Å². The van der Waals surface area contributed by atoms with Crippen LogP contribution in [0.25, 0.3) is 0 Å². The Bertz CT molecular complexity index is 1030. The Hall–Kier alpha value is -1.57. The highest BCUT2D eigenvalue weighted by Crippen LogP contribution is 2.67. The topological polar surface area (TPSA) is 26.3 Å². The van der Waals surface area contributed by atoms with E-state index in [1.54, 1.807) is 5.57 Å². The largest absolute Gasteiger partial charge is 0.462 e. The number of unbranched alkanes of at least 4 members (excludes halogenated alkanes) is 3. The van der Waals surface area contributed by atoms with E-state index in [0.29, 0.717) is 29.1 Å². The van der Waals surface area contributed by atoms with Gasteiger partial charge in [-0.15, -0.1) is 0 Å². The number of carbonyl (C=O) groups is 1. The molecule has 0 aromatic carbocycles. The molecule has 248 valence electrons. The predicted octanol–water partition coefficient (Wildman–Crippen LogP) is 12.2. The van der Waals surface area contributed by atoms with Crippen LogP contribution in [-0.4, -0.2) is 12.1 Å². The summed E-state index contributed by atoms with van der Waals surface area (Å²) in [6, 6.07) is 0. The maximum Gasteiger partial charge on any atom is 0.306 e. The van der Waals surface area contributed by atoms with Crippen molar-refractivity contribution in [3.8, 4) is 0 Å². The molecule has 2 nitrogen and oxygen atoms in total. The molecule has 0 aliphatic heterocycles. The molecule has 0 spiro atoms. The number of esters is 1. The van der Waals surface area contributed by atoms with Crippen LogP contribution in [0.15, 0.2) is 48.1 Å². The second-order valence-corrected chi connectivity index (χ2v) is 16.1. The third-order valence-corrected chi connectivity index (χ3v) is 13.1. The van der Waals surface area contributed by atoms with Gasteiger partial charge in [-0.25, -0.2) is 0 Å². The molecule has 9 unspecified atom stereocenters. The molecule has 0 aromatic rings. The van der Waals surface area contributed by atoms with E-state index >= 15 is 0 Å². The summed E-state index contributed by atoms with van der Waals surface area (Å²) < 4.78 is 6.08. The fraction of sp³-hybridized carbons (Fsp3) is 0.786. The molecule has 0 radical (unpaired) electrons. The van der Waals surface area contributed by atoms with Crippen LogP contribution < -0.4 is 0 Å². The fourth-order valence-electron chi connectivity index (χ4n) is 10.4. The Morgan fingerprint density at radius 3 is 2.43 bits per heavy atom. The standard InChI is InChI=1S/C42H68O2/c1-8-10-11-12-13-14-15-16-17-18-19-40(43)44-35-26-28-41(6)34(30-35)22-23-36-38-25-24-37(42(38,7)29-27-39(36)41)32(5)20-21-33(9-2)31(3)4/h11-12,14-15,20-22,31-33,35-39H,8-10,13,16-19,23-30H2,1-7H3/b12-11-,15-14-,21-20+. The van der Waals surface area contributed by atoms with E-state index in [4.69, 9.17) is 4.74 Å². The number of carbonyl (C=O) groups excluding carboxylic acids is 1. The van der Waals surface area contributed by atoms with Crippen LogP contribution in [0.2, 0.25) is 0 Å². The second kappa shape index (κ2) is 16.3. The lowest BCUT2D eigenvalue weighted by atomic mass is 9.47. The average molecular weight is 605 g/mol. The predicted molar refractivity (Wildman–Crippen MR) is 188 cm³/mol. The molecule has 44 heavy (non-hydrogen) atoms. The summed E-state index contributed by atoms with van der Waals surface area (Å²) in [7, 11) is 0. The van der Waals surface area contributed by atoms with Gasteiger partial charge in [-0.2, -0.15) is 0 Å². The molecule has 9 atom stereocenters. The number of hydrogen-bond acceptors (Lipinski definition) is 2. The van der Waals surface area contributed by atoms with Gasteiger partial charge in [0, 0.05) is 12.8 Å². The number of hydrogen-bond donors (Lipinski definition) is 0. The van der Waals surface area contributed by atoms with Gasteiger partial charge in [0.2, 0.25) is 0 Å². The Kier molecular flexibility index (Phi) is 13.1. The van der Waals surface area contributed by atoms with E-state index in [1.807, 2.05) is 0 Å². The zero-order chi connectivity index (χ0) is 31.7. The van der Waals surface area contributed by atoms with Gasteiger partial charge in [0.1, 0.15) is 6.10 Å². The van der Waals surface area contributed by atoms with Crippen LogP contribution in [0, 0.1) is 52.3 Å². The quantitative estimate of drug-likeness (QED) is 0.106. The highest BCUT2D eigenvalue weighted by Gasteiger charge is 2.59. The molecule has 4 aliphatic carbocycles. The molecule has 4 rings (SSSR count). The zero-order valence-corrected chi connectivity index (χ0v) is 29.8. The summed E-state index contributed by atoms with van der Waals surface area (Å²) in [6.07, 6.45) is 35.2. The van der Waals surface area contributed by atoms with Crippen LogP contribution in [0.5, 0.6) is 0 Å². The summed E-state index contributed by atoms with van der Waals surface area (Å²) in [5.41, 5.74) is 2.41. The maximum absolute atomic E-state index is 12.7. The minimum Gasteiger partial charge on any atom is -0.462 e. The highest BCUT2D eigenvalue weighted by molar-refractivity contribution is 5.69. The van der Waals surface area contributed by atoms with Crippen LogP contribution in [0.1, 0.15) is 151 Å². The van der Waals surface area contributed by atoms with Crippen molar-refractivity contribution < 1.29 is 9.53 Å². The molecule has 3 fully saturated rings. The number of allylic oxidation sites excluding steroid dienone is 7. The SMILES string of the molecule is CCC/C=C\C/C=C\CCCCC(=O)OC1CCC2(C)C(=CCC3C2CCC2(C)C(C(C)/C=C/C(CC)C(C)C)CCC32)C1. The molecular weight excluding hydrogens is 536 g/mol. The van der Waals surface area contributed by atoms with Crippen molar-refractivity contribution in [2.24, 2.45) is 52.3 Å². The molecule has 0 aromatic heterocycles. The van der Waals surface area contributed by atoms with Gasteiger partial charge in [0.05, 0.1) is 0 Å². The van der Waals surface area contributed by atoms with E-state index in [0.717, 1.165) is 68.1 Å². The van der Waals surface area contributed by atoms with Crippen LogP contribution in [0.4, 0.5) is 0 Å². The highest BCUT2D eigenvalue weighted by atomic mass is 16.5. The van der Waals surface area contributed by atoms with Crippen molar-refractivity contribution in [3.63, 3.8) is 0 Å². The number of rotatable bonds is 15. The van der Waals surface area contributed by atoms with Crippen molar-refractivity contribution in [3.05, 3.63) is 48.1 Å². The number of fused-ring (bicyclic) bond motifs is 5. The summed E-state index contributed by atoms with van der Waals surface area (Å²) in [5, 5.41) is 0. The van der Waals surface area contributed by atoms with E-state index in [2.05, 4.69) is 91.0 Å². The van der Waals surface area contributed by atoms with Crippen molar-refractivity contribution in [2.45, 2.75) is 157 Å². The molecule has 0 bridgehead atoms. The minimum absolute atomic E-state index is 0.0200. The summed E-state index contributed by atoms with van der Waals surface area (Å²) in [5.74, 6) is 5.48. The molecule has 4 aliphatic rings. The molecule has 0 saturated heterocycles.